The van der Waals surface area contributed by atoms with Gasteiger partial charge in [-0.05, 0) is 53.6 Å². The number of carboxylic acids is 1. The van der Waals surface area contributed by atoms with Crippen LogP contribution in [-0.2, 0) is 16.0 Å². The molecule has 3 aromatic carbocycles. The third-order valence-electron chi connectivity index (χ3n) is 6.42. The lowest BCUT2D eigenvalue weighted by Gasteiger charge is -2.24. The second-order valence-corrected chi connectivity index (χ2v) is 10.7. The van der Waals surface area contributed by atoms with Crippen LogP contribution in [0.2, 0.25) is 5.02 Å². The van der Waals surface area contributed by atoms with Crippen molar-refractivity contribution in [2.75, 3.05) is 12.3 Å². The van der Waals surface area contributed by atoms with Gasteiger partial charge in [-0.1, -0.05) is 80.0 Å². The zero-order valence-corrected chi connectivity index (χ0v) is 24.5. The lowest BCUT2D eigenvalue weighted by molar-refractivity contribution is -0.129. The number of carbonyl (C=O) groups is 4. The monoisotopic (exact) mass is 595 g/mol. The molecule has 3 amide bonds. The van der Waals surface area contributed by atoms with Crippen molar-refractivity contribution in [1.29, 1.82) is 0 Å². The summed E-state index contributed by atoms with van der Waals surface area (Å²) in [5, 5.41) is 18.6. The lowest BCUT2D eigenvalue weighted by atomic mass is 9.94. The van der Waals surface area contributed by atoms with Crippen molar-refractivity contribution < 1.29 is 24.3 Å². The van der Waals surface area contributed by atoms with E-state index in [9.17, 15) is 24.3 Å². The number of carbonyl (C=O) groups excluding carboxylic acids is 3. The summed E-state index contributed by atoms with van der Waals surface area (Å²) >= 11 is 10.4. The Morgan fingerprint density at radius 1 is 0.805 bits per heavy atom. The molecule has 0 aliphatic rings. The molecule has 2 atom stereocenters. The summed E-state index contributed by atoms with van der Waals surface area (Å²) in [7, 11) is 0. The normalized spacial score (nSPS) is 12.3. The fraction of sp³-hybridized carbons (Fsp3) is 0.290. The summed E-state index contributed by atoms with van der Waals surface area (Å²) in [5.74, 6) is -2.46. The zero-order chi connectivity index (χ0) is 29.9. The zero-order valence-electron chi connectivity index (χ0n) is 22.9. The fourth-order valence-electron chi connectivity index (χ4n) is 4.37. The van der Waals surface area contributed by atoms with Crippen LogP contribution in [0, 0.1) is 5.92 Å². The minimum absolute atomic E-state index is 0.0490. The molecule has 0 heterocycles. The highest BCUT2D eigenvalue weighted by Gasteiger charge is 2.28. The second kappa shape index (κ2) is 15.3. The van der Waals surface area contributed by atoms with Gasteiger partial charge in [-0.15, -0.1) is 0 Å². The van der Waals surface area contributed by atoms with E-state index in [0.717, 1.165) is 5.56 Å². The summed E-state index contributed by atoms with van der Waals surface area (Å²) in [6.07, 6.45) is 0.841. The van der Waals surface area contributed by atoms with Crippen molar-refractivity contribution in [3.63, 3.8) is 0 Å². The molecular formula is C31H34ClN3O5S. The Kier molecular flexibility index (Phi) is 11.8. The maximum absolute atomic E-state index is 13.5. The molecule has 0 fully saturated rings. The molecule has 10 heteroatoms. The first-order valence-electron chi connectivity index (χ1n) is 13.3. The number of thiol groups is 1. The molecule has 0 saturated carbocycles. The van der Waals surface area contributed by atoms with E-state index in [0.29, 0.717) is 35.5 Å². The highest BCUT2D eigenvalue weighted by molar-refractivity contribution is 7.80. The number of nitrogens with one attached hydrogen (secondary N) is 3. The number of amides is 3. The minimum atomic E-state index is -1.11. The van der Waals surface area contributed by atoms with Gasteiger partial charge in [0.15, 0.2) is 0 Å². The van der Waals surface area contributed by atoms with Crippen LogP contribution < -0.4 is 16.0 Å². The van der Waals surface area contributed by atoms with E-state index in [4.69, 9.17) is 11.6 Å². The van der Waals surface area contributed by atoms with Crippen LogP contribution in [0.5, 0.6) is 0 Å². The molecule has 0 aliphatic carbocycles. The number of rotatable bonds is 13. The third-order valence-corrected chi connectivity index (χ3v) is 7.15. The van der Waals surface area contributed by atoms with E-state index < -0.39 is 35.8 Å². The molecule has 216 valence electrons. The fourth-order valence-corrected chi connectivity index (χ4v) is 4.86. The van der Waals surface area contributed by atoms with Gasteiger partial charge >= 0.3 is 5.97 Å². The van der Waals surface area contributed by atoms with E-state index in [-0.39, 0.29) is 22.8 Å². The first-order valence-corrected chi connectivity index (χ1v) is 14.3. The average Bonchev–Trinajstić information content (AvgIpc) is 2.96. The van der Waals surface area contributed by atoms with Crippen LogP contribution in [0.4, 0.5) is 0 Å². The van der Waals surface area contributed by atoms with Crippen LogP contribution in [0.1, 0.15) is 46.5 Å². The standard InChI is InChI=1S/C31H34ClN3O5S/c1-19(2)17-26(30(38)35-27(18-41)29(37)33-16-15-20-9-3-8-14-25(20)32)34-28(36)23-12-6-4-10-21(23)22-11-5-7-13-24(22)31(39)40/h3-14,19,26-27,41H,15-18H2,1-2H3,(H,33,37)(H,34,36)(H,35,38)(H,39,40)/t26-,27-/m0/s1. The van der Waals surface area contributed by atoms with Crippen molar-refractivity contribution in [3.8, 4) is 11.1 Å². The van der Waals surface area contributed by atoms with Gasteiger partial charge in [0.1, 0.15) is 12.1 Å². The molecule has 3 rings (SSSR count). The predicted molar refractivity (Wildman–Crippen MR) is 163 cm³/mol. The minimum Gasteiger partial charge on any atom is -0.478 e. The topological polar surface area (TPSA) is 125 Å². The van der Waals surface area contributed by atoms with E-state index in [1.807, 2.05) is 32.0 Å². The van der Waals surface area contributed by atoms with Crippen molar-refractivity contribution in [2.24, 2.45) is 5.92 Å². The smallest absolute Gasteiger partial charge is 0.336 e. The van der Waals surface area contributed by atoms with Crippen LogP contribution >= 0.6 is 24.2 Å². The Hall–Kier alpha value is -3.82. The van der Waals surface area contributed by atoms with E-state index in [2.05, 4.69) is 28.6 Å². The van der Waals surface area contributed by atoms with E-state index >= 15 is 0 Å². The van der Waals surface area contributed by atoms with Gasteiger partial charge in [-0.3, -0.25) is 14.4 Å². The summed E-state index contributed by atoms with van der Waals surface area (Å²) in [6, 6.07) is 18.5. The van der Waals surface area contributed by atoms with Gasteiger partial charge in [-0.2, -0.15) is 12.6 Å². The number of hydrogen-bond donors (Lipinski definition) is 5. The molecule has 0 bridgehead atoms. The molecule has 0 aliphatic heterocycles. The Balaban J connectivity index is 1.73. The van der Waals surface area contributed by atoms with Gasteiger partial charge in [0.25, 0.3) is 5.91 Å². The quantitative estimate of drug-likeness (QED) is 0.184. The second-order valence-electron chi connectivity index (χ2n) is 9.93. The molecule has 0 aromatic heterocycles. The van der Waals surface area contributed by atoms with Crippen molar-refractivity contribution in [1.82, 2.24) is 16.0 Å². The number of benzene rings is 3. The summed E-state index contributed by atoms with van der Waals surface area (Å²) in [4.78, 5) is 51.4. The average molecular weight is 596 g/mol. The number of aromatic carboxylic acids is 1. The van der Waals surface area contributed by atoms with Gasteiger partial charge in [0, 0.05) is 22.9 Å². The van der Waals surface area contributed by atoms with E-state index in [1.165, 1.54) is 6.07 Å². The Morgan fingerprint density at radius 2 is 1.39 bits per heavy atom. The molecule has 3 aromatic rings. The molecule has 0 spiro atoms. The summed E-state index contributed by atoms with van der Waals surface area (Å²) < 4.78 is 0. The Morgan fingerprint density at radius 3 is 2.00 bits per heavy atom. The molecular weight excluding hydrogens is 562 g/mol. The summed E-state index contributed by atoms with van der Waals surface area (Å²) in [5.41, 5.74) is 2.00. The highest BCUT2D eigenvalue weighted by Crippen LogP contribution is 2.27. The van der Waals surface area contributed by atoms with Crippen molar-refractivity contribution >= 4 is 47.9 Å². The van der Waals surface area contributed by atoms with Crippen molar-refractivity contribution in [3.05, 3.63) is 94.5 Å². The van der Waals surface area contributed by atoms with Crippen LogP contribution in [-0.4, -0.2) is 53.2 Å². The molecule has 0 saturated heterocycles. The van der Waals surface area contributed by atoms with Gasteiger partial charge in [0.05, 0.1) is 5.56 Å². The Labute approximate surface area is 250 Å². The Bertz CT molecular complexity index is 1400. The number of halogens is 1. The maximum atomic E-state index is 13.5. The first-order chi connectivity index (χ1) is 19.6. The molecule has 4 N–H and O–H groups in total. The van der Waals surface area contributed by atoms with Crippen LogP contribution in [0.3, 0.4) is 0 Å². The van der Waals surface area contributed by atoms with Crippen LogP contribution in [0.25, 0.3) is 11.1 Å². The maximum Gasteiger partial charge on any atom is 0.336 e. The van der Waals surface area contributed by atoms with Crippen molar-refractivity contribution in [2.45, 2.75) is 38.8 Å². The highest BCUT2D eigenvalue weighted by atomic mass is 35.5. The molecule has 0 unspecified atom stereocenters. The van der Waals surface area contributed by atoms with Crippen LogP contribution in [0.15, 0.2) is 72.8 Å². The SMILES string of the molecule is CC(C)C[C@H](NC(=O)c1ccccc1-c1ccccc1C(=O)O)C(=O)N[C@@H](CS)C(=O)NCCc1ccccc1Cl. The van der Waals surface area contributed by atoms with Gasteiger partial charge in [0.2, 0.25) is 11.8 Å². The third kappa shape index (κ3) is 8.83. The van der Waals surface area contributed by atoms with E-state index in [1.54, 1.807) is 48.5 Å². The predicted octanol–water partition coefficient (Wildman–Crippen LogP) is 4.62. The molecule has 8 nitrogen and oxygen atoms in total. The van der Waals surface area contributed by atoms with Gasteiger partial charge < -0.3 is 21.1 Å². The largest absolute Gasteiger partial charge is 0.478 e. The lowest BCUT2D eigenvalue weighted by Crippen LogP contribution is -2.55. The summed E-state index contributed by atoms with van der Waals surface area (Å²) in [6.45, 7) is 4.16. The van der Waals surface area contributed by atoms with Gasteiger partial charge in [-0.25, -0.2) is 4.79 Å². The number of hydrogen-bond acceptors (Lipinski definition) is 5. The molecule has 0 radical (unpaired) electrons. The number of carboxylic acid groups (broad SMARTS) is 1. The first kappa shape index (κ1) is 31.7. The molecule has 41 heavy (non-hydrogen) atoms.